The number of hydrogen-bond acceptors (Lipinski definition) is 3. The first-order chi connectivity index (χ1) is 5.33. The van der Waals surface area contributed by atoms with Crippen molar-refractivity contribution in [1.29, 1.82) is 0 Å². The SMILES string of the molecule is Cc1cc(CCCCN)on1. The zero-order valence-corrected chi connectivity index (χ0v) is 6.84. The van der Waals surface area contributed by atoms with E-state index in [4.69, 9.17) is 10.3 Å². The minimum absolute atomic E-state index is 0.757. The van der Waals surface area contributed by atoms with Crippen LogP contribution in [0.2, 0.25) is 0 Å². The van der Waals surface area contributed by atoms with E-state index in [0.717, 1.165) is 37.3 Å². The molecule has 3 nitrogen and oxygen atoms in total. The van der Waals surface area contributed by atoms with Crippen LogP contribution in [0.15, 0.2) is 10.6 Å². The molecule has 0 aliphatic rings. The molecule has 0 saturated heterocycles. The number of nitrogens with two attached hydrogens (primary N) is 1. The zero-order chi connectivity index (χ0) is 8.10. The van der Waals surface area contributed by atoms with E-state index in [-0.39, 0.29) is 0 Å². The van der Waals surface area contributed by atoms with Gasteiger partial charge in [0.2, 0.25) is 0 Å². The summed E-state index contributed by atoms with van der Waals surface area (Å²) in [6.07, 6.45) is 3.10. The van der Waals surface area contributed by atoms with Gasteiger partial charge in [-0.2, -0.15) is 0 Å². The molecule has 0 aliphatic heterocycles. The third-order valence-corrected chi connectivity index (χ3v) is 1.55. The Kier molecular flexibility index (Phi) is 3.11. The fourth-order valence-electron chi connectivity index (χ4n) is 0.978. The van der Waals surface area contributed by atoms with Crippen LogP contribution in [0.25, 0.3) is 0 Å². The van der Waals surface area contributed by atoms with Crippen molar-refractivity contribution in [1.82, 2.24) is 5.16 Å². The van der Waals surface area contributed by atoms with Crippen LogP contribution in [0, 0.1) is 6.92 Å². The second kappa shape index (κ2) is 4.13. The van der Waals surface area contributed by atoms with Gasteiger partial charge in [0.1, 0.15) is 5.76 Å². The van der Waals surface area contributed by atoms with Crippen LogP contribution in [0.5, 0.6) is 0 Å². The van der Waals surface area contributed by atoms with Crippen molar-refractivity contribution in [3.63, 3.8) is 0 Å². The van der Waals surface area contributed by atoms with Crippen LogP contribution in [-0.2, 0) is 6.42 Å². The highest BCUT2D eigenvalue weighted by Gasteiger charge is 1.98. The predicted molar refractivity (Wildman–Crippen MR) is 43.2 cm³/mol. The van der Waals surface area contributed by atoms with Crippen molar-refractivity contribution >= 4 is 0 Å². The lowest BCUT2D eigenvalue weighted by molar-refractivity contribution is 0.376. The zero-order valence-electron chi connectivity index (χ0n) is 6.84. The summed E-state index contributed by atoms with van der Waals surface area (Å²) in [5.74, 6) is 0.968. The van der Waals surface area contributed by atoms with Gasteiger partial charge in [-0.05, 0) is 26.3 Å². The van der Waals surface area contributed by atoms with E-state index in [2.05, 4.69) is 5.16 Å². The average Bonchev–Trinajstić information content (AvgIpc) is 2.37. The van der Waals surface area contributed by atoms with Crippen LogP contribution in [0.1, 0.15) is 24.3 Å². The Labute approximate surface area is 66.6 Å². The summed E-state index contributed by atoms with van der Waals surface area (Å²) in [5, 5.41) is 3.79. The van der Waals surface area contributed by atoms with E-state index in [1.165, 1.54) is 0 Å². The number of hydrogen-bond donors (Lipinski definition) is 1. The van der Waals surface area contributed by atoms with Crippen molar-refractivity contribution < 1.29 is 4.52 Å². The second-order valence-electron chi connectivity index (χ2n) is 2.68. The monoisotopic (exact) mass is 154 g/mol. The quantitative estimate of drug-likeness (QED) is 0.664. The maximum Gasteiger partial charge on any atom is 0.136 e. The van der Waals surface area contributed by atoms with Crippen molar-refractivity contribution in [2.45, 2.75) is 26.2 Å². The molecule has 1 heterocycles. The van der Waals surface area contributed by atoms with Gasteiger partial charge in [0.05, 0.1) is 5.69 Å². The molecule has 11 heavy (non-hydrogen) atoms. The van der Waals surface area contributed by atoms with Gasteiger partial charge in [-0.3, -0.25) is 0 Å². The number of aryl methyl sites for hydroxylation is 2. The molecule has 0 spiro atoms. The molecule has 0 atom stereocenters. The standard InChI is InChI=1S/C8H14N2O/c1-7-6-8(11-10-7)4-2-3-5-9/h6H,2-5,9H2,1H3. The molecule has 0 amide bonds. The molecule has 0 aromatic carbocycles. The van der Waals surface area contributed by atoms with E-state index in [0.29, 0.717) is 0 Å². The molecule has 0 unspecified atom stereocenters. The van der Waals surface area contributed by atoms with Crippen LogP contribution in [0.3, 0.4) is 0 Å². The maximum absolute atomic E-state index is 5.35. The molecule has 1 aromatic rings. The van der Waals surface area contributed by atoms with Gasteiger partial charge in [-0.25, -0.2) is 0 Å². The Morgan fingerprint density at radius 1 is 1.55 bits per heavy atom. The number of aromatic nitrogens is 1. The lowest BCUT2D eigenvalue weighted by Gasteiger charge is -1.92. The molecule has 0 bridgehead atoms. The smallest absolute Gasteiger partial charge is 0.136 e. The van der Waals surface area contributed by atoms with E-state index >= 15 is 0 Å². The second-order valence-corrected chi connectivity index (χ2v) is 2.68. The predicted octanol–water partition coefficient (Wildman–Crippen LogP) is 1.26. The van der Waals surface area contributed by atoms with Gasteiger partial charge in [0.15, 0.2) is 0 Å². The van der Waals surface area contributed by atoms with Crippen molar-refractivity contribution in [3.05, 3.63) is 17.5 Å². The molecule has 2 N–H and O–H groups in total. The highest BCUT2D eigenvalue weighted by atomic mass is 16.5. The van der Waals surface area contributed by atoms with Gasteiger partial charge in [-0.1, -0.05) is 5.16 Å². The van der Waals surface area contributed by atoms with Crippen LogP contribution in [-0.4, -0.2) is 11.7 Å². The lowest BCUT2D eigenvalue weighted by atomic mass is 10.2. The van der Waals surface area contributed by atoms with E-state index in [1.807, 2.05) is 13.0 Å². The first-order valence-electron chi connectivity index (χ1n) is 3.95. The minimum atomic E-state index is 0.757. The molecule has 3 heteroatoms. The Morgan fingerprint density at radius 2 is 2.36 bits per heavy atom. The first kappa shape index (κ1) is 8.27. The highest BCUT2D eigenvalue weighted by Crippen LogP contribution is 2.05. The minimum Gasteiger partial charge on any atom is -0.361 e. The summed E-state index contributed by atoms with van der Waals surface area (Å²) < 4.78 is 5.02. The van der Waals surface area contributed by atoms with Gasteiger partial charge in [0, 0.05) is 12.5 Å². The van der Waals surface area contributed by atoms with E-state index in [9.17, 15) is 0 Å². The summed E-state index contributed by atoms with van der Waals surface area (Å²) in [6, 6.07) is 1.97. The molecular weight excluding hydrogens is 140 g/mol. The Balaban J connectivity index is 2.27. The van der Waals surface area contributed by atoms with E-state index < -0.39 is 0 Å². The van der Waals surface area contributed by atoms with Gasteiger partial charge >= 0.3 is 0 Å². The Morgan fingerprint density at radius 3 is 2.91 bits per heavy atom. The highest BCUT2D eigenvalue weighted by molar-refractivity contribution is 5.02. The number of rotatable bonds is 4. The third-order valence-electron chi connectivity index (χ3n) is 1.55. The molecule has 1 rings (SSSR count). The molecule has 0 fully saturated rings. The van der Waals surface area contributed by atoms with Crippen LogP contribution < -0.4 is 5.73 Å². The molecule has 0 aliphatic carbocycles. The normalized spacial score (nSPS) is 10.4. The van der Waals surface area contributed by atoms with Crippen molar-refractivity contribution in [2.24, 2.45) is 5.73 Å². The third kappa shape index (κ3) is 2.72. The largest absolute Gasteiger partial charge is 0.361 e. The van der Waals surface area contributed by atoms with Gasteiger partial charge in [0.25, 0.3) is 0 Å². The maximum atomic E-state index is 5.35. The Bertz CT molecular complexity index is 208. The van der Waals surface area contributed by atoms with Gasteiger partial charge < -0.3 is 10.3 Å². The molecule has 0 radical (unpaired) electrons. The summed E-state index contributed by atoms with van der Waals surface area (Å²) in [4.78, 5) is 0. The van der Waals surface area contributed by atoms with E-state index in [1.54, 1.807) is 0 Å². The molecular formula is C8H14N2O. The van der Waals surface area contributed by atoms with Crippen molar-refractivity contribution in [3.8, 4) is 0 Å². The summed E-state index contributed by atoms with van der Waals surface area (Å²) in [7, 11) is 0. The van der Waals surface area contributed by atoms with Crippen molar-refractivity contribution in [2.75, 3.05) is 6.54 Å². The molecule has 1 aromatic heterocycles. The first-order valence-corrected chi connectivity index (χ1v) is 3.95. The Hall–Kier alpha value is -0.830. The summed E-state index contributed by atoms with van der Waals surface area (Å²) >= 11 is 0. The topological polar surface area (TPSA) is 52.0 Å². The molecule has 0 saturated carbocycles. The van der Waals surface area contributed by atoms with Gasteiger partial charge in [-0.15, -0.1) is 0 Å². The summed E-state index contributed by atoms with van der Waals surface area (Å²) in [6.45, 7) is 2.68. The van der Waals surface area contributed by atoms with Crippen LogP contribution in [0.4, 0.5) is 0 Å². The number of nitrogens with zero attached hydrogens (tertiary/aromatic N) is 1. The molecule has 62 valence electrons. The summed E-state index contributed by atoms with van der Waals surface area (Å²) in [5.41, 5.74) is 6.30. The number of unbranched alkanes of at least 4 members (excludes halogenated alkanes) is 1. The van der Waals surface area contributed by atoms with Crippen LogP contribution >= 0.6 is 0 Å². The lowest BCUT2D eigenvalue weighted by Crippen LogP contribution is -1.98. The fraction of sp³-hybridized carbons (Fsp3) is 0.625. The fourth-order valence-corrected chi connectivity index (χ4v) is 0.978. The average molecular weight is 154 g/mol.